The molecule has 2 aromatic heterocycles. The maximum Gasteiger partial charge on any atom is 0.205 e. The van der Waals surface area contributed by atoms with Gasteiger partial charge in [0.2, 0.25) is 5.82 Å². The van der Waals surface area contributed by atoms with Gasteiger partial charge in [0.05, 0.1) is 6.54 Å². The van der Waals surface area contributed by atoms with Gasteiger partial charge in [0.1, 0.15) is 0 Å². The SMILES string of the molecule is CCC=Cc1nc(Cc2ccccc2)nn1Cc1ccc(-c2ccccc2-c2nn[nH]n2)cc1. The predicted molar refractivity (Wildman–Crippen MR) is 133 cm³/mol. The van der Waals surface area contributed by atoms with Crippen molar-refractivity contribution in [3.8, 4) is 22.5 Å². The summed E-state index contributed by atoms with van der Waals surface area (Å²) in [6.45, 7) is 2.77. The highest BCUT2D eigenvalue weighted by Gasteiger charge is 2.12. The molecule has 7 heteroatoms. The van der Waals surface area contributed by atoms with Crippen LogP contribution < -0.4 is 0 Å². The maximum atomic E-state index is 4.81. The fourth-order valence-corrected chi connectivity index (χ4v) is 3.89. The molecule has 168 valence electrons. The lowest BCUT2D eigenvalue weighted by Crippen LogP contribution is -2.04. The van der Waals surface area contributed by atoms with E-state index in [9.17, 15) is 0 Å². The first kappa shape index (κ1) is 21.5. The Morgan fingerprint density at radius 1 is 0.853 bits per heavy atom. The van der Waals surface area contributed by atoms with Gasteiger partial charge in [-0.3, -0.25) is 0 Å². The summed E-state index contributed by atoms with van der Waals surface area (Å²) >= 11 is 0. The predicted octanol–water partition coefficient (Wildman–Crippen LogP) is 5.19. The van der Waals surface area contributed by atoms with Gasteiger partial charge in [0.25, 0.3) is 0 Å². The van der Waals surface area contributed by atoms with Gasteiger partial charge in [-0.15, -0.1) is 10.2 Å². The molecule has 0 radical (unpaired) electrons. The average Bonchev–Trinajstić information content (AvgIpc) is 3.54. The van der Waals surface area contributed by atoms with E-state index in [1.54, 1.807) is 0 Å². The van der Waals surface area contributed by atoms with E-state index in [0.717, 1.165) is 40.3 Å². The molecule has 5 aromatic rings. The van der Waals surface area contributed by atoms with E-state index in [2.05, 4.69) is 82.2 Å². The van der Waals surface area contributed by atoms with Crippen molar-refractivity contribution in [1.29, 1.82) is 0 Å². The smallest absolute Gasteiger partial charge is 0.205 e. The van der Waals surface area contributed by atoms with Gasteiger partial charge in [0, 0.05) is 12.0 Å². The van der Waals surface area contributed by atoms with Gasteiger partial charge in [-0.2, -0.15) is 10.3 Å². The quantitative estimate of drug-likeness (QED) is 0.354. The number of H-pyrrole nitrogens is 1. The molecule has 0 saturated heterocycles. The van der Waals surface area contributed by atoms with Gasteiger partial charge in [-0.1, -0.05) is 91.9 Å². The third-order valence-corrected chi connectivity index (χ3v) is 5.56. The second-order valence-electron chi connectivity index (χ2n) is 7.99. The lowest BCUT2D eigenvalue weighted by molar-refractivity contribution is 0.668. The summed E-state index contributed by atoms with van der Waals surface area (Å²) in [5.74, 6) is 2.28. The van der Waals surface area contributed by atoms with Crippen LogP contribution in [0, 0.1) is 0 Å². The third-order valence-electron chi connectivity index (χ3n) is 5.56. The Morgan fingerprint density at radius 2 is 1.62 bits per heavy atom. The van der Waals surface area contributed by atoms with Crippen molar-refractivity contribution in [2.75, 3.05) is 0 Å². The Morgan fingerprint density at radius 3 is 2.35 bits per heavy atom. The monoisotopic (exact) mass is 447 g/mol. The number of aromatic nitrogens is 7. The van der Waals surface area contributed by atoms with Gasteiger partial charge in [-0.25, -0.2) is 9.67 Å². The van der Waals surface area contributed by atoms with Gasteiger partial charge < -0.3 is 0 Å². The van der Waals surface area contributed by atoms with Crippen LogP contribution in [0.15, 0.2) is 84.9 Å². The third kappa shape index (κ3) is 4.83. The summed E-state index contributed by atoms with van der Waals surface area (Å²) in [6, 6.07) is 26.9. The highest BCUT2D eigenvalue weighted by atomic mass is 15.5. The van der Waals surface area contributed by atoms with E-state index in [1.165, 1.54) is 5.56 Å². The van der Waals surface area contributed by atoms with E-state index in [-0.39, 0.29) is 0 Å². The van der Waals surface area contributed by atoms with Gasteiger partial charge in [0.15, 0.2) is 11.6 Å². The van der Waals surface area contributed by atoms with Crippen LogP contribution in [0.25, 0.3) is 28.6 Å². The number of hydrogen-bond donors (Lipinski definition) is 1. The van der Waals surface area contributed by atoms with E-state index in [0.29, 0.717) is 18.8 Å². The largest absolute Gasteiger partial charge is 0.242 e. The number of tetrazole rings is 1. The highest BCUT2D eigenvalue weighted by molar-refractivity contribution is 5.80. The molecule has 5 rings (SSSR count). The van der Waals surface area contributed by atoms with Crippen LogP contribution in [0.2, 0.25) is 0 Å². The molecule has 1 N–H and O–H groups in total. The zero-order valence-electron chi connectivity index (χ0n) is 19.0. The molecule has 0 aliphatic heterocycles. The van der Waals surface area contributed by atoms with E-state index < -0.39 is 0 Å². The van der Waals surface area contributed by atoms with Crippen LogP contribution in [0.4, 0.5) is 0 Å². The Hall–Kier alpha value is -4.39. The van der Waals surface area contributed by atoms with E-state index in [1.807, 2.05) is 41.1 Å². The van der Waals surface area contributed by atoms with Crippen LogP contribution in [0.3, 0.4) is 0 Å². The van der Waals surface area contributed by atoms with E-state index in [4.69, 9.17) is 10.1 Å². The second-order valence-corrected chi connectivity index (χ2v) is 7.99. The fourth-order valence-electron chi connectivity index (χ4n) is 3.89. The summed E-state index contributed by atoms with van der Waals surface area (Å²) in [5.41, 5.74) is 5.46. The van der Waals surface area contributed by atoms with Gasteiger partial charge >= 0.3 is 0 Å². The van der Waals surface area contributed by atoms with Crippen molar-refractivity contribution in [3.05, 3.63) is 108 Å². The first-order valence-corrected chi connectivity index (χ1v) is 11.4. The molecular weight excluding hydrogens is 422 g/mol. The molecule has 34 heavy (non-hydrogen) atoms. The number of nitrogens with one attached hydrogen (secondary N) is 1. The first-order valence-electron chi connectivity index (χ1n) is 11.4. The van der Waals surface area contributed by atoms with Crippen molar-refractivity contribution in [2.24, 2.45) is 0 Å². The summed E-state index contributed by atoms with van der Waals surface area (Å²) in [4.78, 5) is 4.79. The molecule has 0 aliphatic carbocycles. The first-order chi connectivity index (χ1) is 16.8. The number of allylic oxidation sites excluding steroid dienone is 1. The molecule has 0 bridgehead atoms. The van der Waals surface area contributed by atoms with Crippen LogP contribution in [-0.2, 0) is 13.0 Å². The zero-order valence-corrected chi connectivity index (χ0v) is 19.0. The molecule has 0 spiro atoms. The Kier molecular flexibility index (Phi) is 6.34. The molecule has 3 aromatic carbocycles. The van der Waals surface area contributed by atoms with Crippen LogP contribution in [0.5, 0.6) is 0 Å². The number of nitrogens with zero attached hydrogens (tertiary/aromatic N) is 6. The van der Waals surface area contributed by atoms with Crippen molar-refractivity contribution < 1.29 is 0 Å². The minimum Gasteiger partial charge on any atom is -0.242 e. The minimum absolute atomic E-state index is 0.584. The number of hydrogen-bond acceptors (Lipinski definition) is 5. The molecule has 0 atom stereocenters. The van der Waals surface area contributed by atoms with Crippen molar-refractivity contribution in [2.45, 2.75) is 26.3 Å². The summed E-state index contributed by atoms with van der Waals surface area (Å²) in [6.07, 6.45) is 5.84. The standard InChI is InChI=1S/C27H25N7/c1-2-3-13-26-28-25(18-20-9-5-4-6-10-20)31-34(26)19-21-14-16-22(17-15-21)23-11-7-8-12-24(23)27-29-32-33-30-27/h3-17H,2,18-19H2,1H3,(H,29,30,32,33). The summed E-state index contributed by atoms with van der Waals surface area (Å²) in [7, 11) is 0. The molecule has 2 heterocycles. The zero-order chi connectivity index (χ0) is 23.2. The van der Waals surface area contributed by atoms with Crippen molar-refractivity contribution >= 4 is 6.08 Å². The Labute approximate surface area is 198 Å². The van der Waals surface area contributed by atoms with Gasteiger partial charge in [-0.05, 0) is 40.0 Å². The van der Waals surface area contributed by atoms with Crippen molar-refractivity contribution in [1.82, 2.24) is 35.4 Å². The number of aromatic amines is 1. The van der Waals surface area contributed by atoms with Crippen molar-refractivity contribution in [3.63, 3.8) is 0 Å². The molecular formula is C27H25N7. The number of rotatable bonds is 8. The van der Waals surface area contributed by atoms with Crippen LogP contribution in [-0.4, -0.2) is 35.4 Å². The highest BCUT2D eigenvalue weighted by Crippen LogP contribution is 2.29. The molecule has 0 fully saturated rings. The fraction of sp³-hybridized carbons (Fsp3) is 0.148. The lowest BCUT2D eigenvalue weighted by Gasteiger charge is -2.09. The van der Waals surface area contributed by atoms with Crippen LogP contribution in [0.1, 0.15) is 36.1 Å². The Balaban J connectivity index is 1.39. The summed E-state index contributed by atoms with van der Waals surface area (Å²) < 4.78 is 1.98. The molecule has 0 saturated carbocycles. The molecule has 0 aliphatic rings. The lowest BCUT2D eigenvalue weighted by atomic mass is 9.98. The molecule has 0 unspecified atom stereocenters. The minimum atomic E-state index is 0.584. The molecule has 0 amide bonds. The second kappa shape index (κ2) is 10.0. The Bertz CT molecular complexity index is 1370. The maximum absolute atomic E-state index is 4.81. The molecule has 7 nitrogen and oxygen atoms in total. The average molecular weight is 448 g/mol. The number of benzene rings is 3. The topological polar surface area (TPSA) is 85.2 Å². The normalized spacial score (nSPS) is 11.3. The van der Waals surface area contributed by atoms with E-state index >= 15 is 0 Å². The summed E-state index contributed by atoms with van der Waals surface area (Å²) in [5, 5.41) is 19.3. The van der Waals surface area contributed by atoms with Crippen LogP contribution >= 0.6 is 0 Å².